The lowest BCUT2D eigenvalue weighted by atomic mass is 10.1. The van der Waals surface area contributed by atoms with Gasteiger partial charge in [0.1, 0.15) is 11.5 Å². The fourth-order valence-corrected chi connectivity index (χ4v) is 4.03. The third kappa shape index (κ3) is 4.95. The van der Waals surface area contributed by atoms with E-state index in [0.29, 0.717) is 31.9 Å². The normalized spacial score (nSPS) is 14.6. The summed E-state index contributed by atoms with van der Waals surface area (Å²) in [7, 11) is 0. The summed E-state index contributed by atoms with van der Waals surface area (Å²) in [5, 5.41) is 14.9. The van der Waals surface area contributed by atoms with Gasteiger partial charge in [0.05, 0.1) is 10.5 Å². The van der Waals surface area contributed by atoms with Gasteiger partial charge in [-0.3, -0.25) is 14.9 Å². The number of hydrogen-bond donors (Lipinski definition) is 1. The van der Waals surface area contributed by atoms with Crippen molar-refractivity contribution in [3.05, 3.63) is 99.9 Å². The number of nitrogens with zero attached hydrogens (tertiary/aromatic N) is 3. The molecule has 1 atom stereocenters. The largest absolute Gasteiger partial charge is 0.373 e. The van der Waals surface area contributed by atoms with E-state index in [1.165, 1.54) is 18.2 Å². The number of hydrogen-bond acceptors (Lipinski definition) is 5. The molecule has 4 rings (SSSR count). The Kier molecular flexibility index (Phi) is 6.53. The van der Waals surface area contributed by atoms with Gasteiger partial charge in [0.2, 0.25) is 0 Å². The van der Waals surface area contributed by atoms with Gasteiger partial charge in [-0.2, -0.15) is 0 Å². The van der Waals surface area contributed by atoms with Crippen LogP contribution >= 0.6 is 0 Å². The fraction of sp³-hybridized carbons (Fsp3) is 0.240. The first-order valence-corrected chi connectivity index (χ1v) is 10.8. The molecular formula is C25H25FN4O3. The summed E-state index contributed by atoms with van der Waals surface area (Å²) in [6.45, 7) is 3.93. The lowest BCUT2D eigenvalue weighted by Gasteiger charge is -2.36. The zero-order chi connectivity index (χ0) is 23.4. The molecule has 0 aliphatic carbocycles. The van der Waals surface area contributed by atoms with Crippen LogP contribution in [0.5, 0.6) is 0 Å². The highest BCUT2D eigenvalue weighted by Gasteiger charge is 2.25. The second-order valence-electron chi connectivity index (χ2n) is 7.99. The van der Waals surface area contributed by atoms with Gasteiger partial charge in [0, 0.05) is 44.0 Å². The van der Waals surface area contributed by atoms with Crippen molar-refractivity contribution in [1.29, 1.82) is 0 Å². The second kappa shape index (κ2) is 9.68. The third-order valence-electron chi connectivity index (χ3n) is 5.88. The summed E-state index contributed by atoms with van der Waals surface area (Å²) in [4.78, 5) is 27.6. The van der Waals surface area contributed by atoms with Crippen LogP contribution in [-0.2, 0) is 0 Å². The monoisotopic (exact) mass is 448 g/mol. The van der Waals surface area contributed by atoms with E-state index < -0.39 is 10.7 Å². The molecule has 0 bridgehead atoms. The highest BCUT2D eigenvalue weighted by molar-refractivity contribution is 5.94. The van der Waals surface area contributed by atoms with Gasteiger partial charge in [-0.05, 0) is 36.8 Å². The number of amides is 1. The van der Waals surface area contributed by atoms with Crippen molar-refractivity contribution >= 4 is 23.0 Å². The molecule has 1 fully saturated rings. The number of carbonyl (C=O) groups excluding carboxylic acids is 1. The maximum atomic E-state index is 14.0. The molecule has 1 aliphatic heterocycles. The summed E-state index contributed by atoms with van der Waals surface area (Å²) in [6, 6.07) is 20.6. The quantitative estimate of drug-likeness (QED) is 0.430. The Morgan fingerprint density at radius 1 is 1.00 bits per heavy atom. The molecule has 1 heterocycles. The van der Waals surface area contributed by atoms with E-state index in [0.717, 1.165) is 11.3 Å². The van der Waals surface area contributed by atoms with Gasteiger partial charge in [0.25, 0.3) is 11.6 Å². The van der Waals surface area contributed by atoms with Crippen LogP contribution in [0.4, 0.5) is 21.5 Å². The number of rotatable bonds is 6. The number of anilines is 2. The van der Waals surface area contributed by atoms with Crippen LogP contribution in [0.15, 0.2) is 72.8 Å². The van der Waals surface area contributed by atoms with E-state index in [1.54, 1.807) is 29.2 Å². The van der Waals surface area contributed by atoms with E-state index in [1.807, 2.05) is 37.3 Å². The second-order valence-corrected chi connectivity index (χ2v) is 7.99. The van der Waals surface area contributed by atoms with Crippen LogP contribution in [0.3, 0.4) is 0 Å². The summed E-state index contributed by atoms with van der Waals surface area (Å²) in [5.74, 6) is -0.848. The van der Waals surface area contributed by atoms with Crippen LogP contribution in [0.1, 0.15) is 28.9 Å². The van der Waals surface area contributed by atoms with Crippen molar-refractivity contribution in [2.75, 3.05) is 36.4 Å². The Balaban J connectivity index is 1.48. The number of nitrogens with one attached hydrogen (secondary N) is 1. The van der Waals surface area contributed by atoms with Crippen molar-refractivity contribution < 1.29 is 14.1 Å². The SMILES string of the molecule is C[C@H](Nc1cc(N2CCN(C(=O)c3ccccc3F)CC2)ccc1[N+](=O)[O-])c1ccccc1. The van der Waals surface area contributed by atoms with Crippen molar-refractivity contribution in [3.8, 4) is 0 Å². The molecule has 7 nitrogen and oxygen atoms in total. The third-order valence-corrected chi connectivity index (χ3v) is 5.88. The van der Waals surface area contributed by atoms with Gasteiger partial charge >= 0.3 is 0 Å². The number of nitro groups is 1. The van der Waals surface area contributed by atoms with Gasteiger partial charge in [-0.15, -0.1) is 0 Å². The van der Waals surface area contributed by atoms with Gasteiger partial charge in [-0.1, -0.05) is 42.5 Å². The molecule has 1 saturated heterocycles. The van der Waals surface area contributed by atoms with Crippen LogP contribution < -0.4 is 10.2 Å². The van der Waals surface area contributed by atoms with Crippen molar-refractivity contribution in [1.82, 2.24) is 4.90 Å². The number of nitro benzene ring substituents is 1. The standard InChI is InChI=1S/C25H25FN4O3/c1-18(19-7-3-2-4-8-19)27-23-17-20(11-12-24(23)30(32)33)28-13-15-29(16-14-28)25(31)21-9-5-6-10-22(21)26/h2-12,17-18,27H,13-16H2,1H3/t18-/m0/s1. The molecule has 0 unspecified atom stereocenters. The molecule has 1 aliphatic rings. The smallest absolute Gasteiger partial charge is 0.292 e. The Morgan fingerprint density at radius 3 is 2.33 bits per heavy atom. The molecule has 33 heavy (non-hydrogen) atoms. The van der Waals surface area contributed by atoms with Crippen molar-refractivity contribution in [2.24, 2.45) is 0 Å². The zero-order valence-electron chi connectivity index (χ0n) is 18.3. The lowest BCUT2D eigenvalue weighted by molar-refractivity contribution is -0.384. The molecule has 0 spiro atoms. The maximum absolute atomic E-state index is 14.0. The highest BCUT2D eigenvalue weighted by Crippen LogP contribution is 2.33. The average Bonchev–Trinajstić information content (AvgIpc) is 2.84. The molecule has 3 aromatic carbocycles. The lowest BCUT2D eigenvalue weighted by Crippen LogP contribution is -2.49. The summed E-state index contributed by atoms with van der Waals surface area (Å²) < 4.78 is 14.0. The van der Waals surface area contributed by atoms with E-state index >= 15 is 0 Å². The predicted molar refractivity (Wildman–Crippen MR) is 126 cm³/mol. The first kappa shape index (κ1) is 22.3. The minimum atomic E-state index is -0.524. The number of piperazine rings is 1. The number of carbonyl (C=O) groups is 1. The number of halogens is 1. The van der Waals surface area contributed by atoms with Crippen molar-refractivity contribution in [2.45, 2.75) is 13.0 Å². The summed E-state index contributed by atoms with van der Waals surface area (Å²) >= 11 is 0. The van der Waals surface area contributed by atoms with Crippen LogP contribution in [0, 0.1) is 15.9 Å². The minimum absolute atomic E-state index is 0.00916. The van der Waals surface area contributed by atoms with E-state index in [-0.39, 0.29) is 23.2 Å². The maximum Gasteiger partial charge on any atom is 0.292 e. The highest BCUT2D eigenvalue weighted by atomic mass is 19.1. The van der Waals surface area contributed by atoms with E-state index in [9.17, 15) is 19.3 Å². The molecule has 0 aromatic heterocycles. The average molecular weight is 448 g/mol. The molecule has 8 heteroatoms. The fourth-order valence-electron chi connectivity index (χ4n) is 4.03. The van der Waals surface area contributed by atoms with Gasteiger partial charge in [-0.25, -0.2) is 4.39 Å². The predicted octanol–water partition coefficient (Wildman–Crippen LogP) is 4.87. The van der Waals surface area contributed by atoms with Crippen LogP contribution in [0.2, 0.25) is 0 Å². The van der Waals surface area contributed by atoms with Crippen LogP contribution in [-0.4, -0.2) is 41.9 Å². The zero-order valence-corrected chi connectivity index (χ0v) is 18.3. The van der Waals surface area contributed by atoms with E-state index in [2.05, 4.69) is 10.2 Å². The summed E-state index contributed by atoms with van der Waals surface area (Å²) in [6.07, 6.45) is 0. The minimum Gasteiger partial charge on any atom is -0.373 e. The van der Waals surface area contributed by atoms with Gasteiger partial charge in [0.15, 0.2) is 0 Å². The molecule has 0 saturated carbocycles. The first-order chi connectivity index (χ1) is 15.9. The Hall–Kier alpha value is -3.94. The Morgan fingerprint density at radius 2 is 1.67 bits per heavy atom. The van der Waals surface area contributed by atoms with Crippen LogP contribution in [0.25, 0.3) is 0 Å². The molecule has 0 radical (unpaired) electrons. The molecule has 170 valence electrons. The molecule has 1 N–H and O–H groups in total. The molecular weight excluding hydrogens is 423 g/mol. The first-order valence-electron chi connectivity index (χ1n) is 10.8. The van der Waals surface area contributed by atoms with E-state index in [4.69, 9.17) is 0 Å². The summed E-state index contributed by atoms with van der Waals surface area (Å²) in [5.41, 5.74) is 2.38. The van der Waals surface area contributed by atoms with Gasteiger partial charge < -0.3 is 15.1 Å². The molecule has 1 amide bonds. The Labute approximate surface area is 191 Å². The number of benzene rings is 3. The Bertz CT molecular complexity index is 1150. The van der Waals surface area contributed by atoms with Crippen molar-refractivity contribution in [3.63, 3.8) is 0 Å². The topological polar surface area (TPSA) is 78.7 Å². The molecule has 3 aromatic rings.